The molecule has 0 bridgehead atoms. The predicted octanol–water partition coefficient (Wildman–Crippen LogP) is 12.0. The van der Waals surface area contributed by atoms with Crippen LogP contribution in [0.4, 0.5) is 0 Å². The summed E-state index contributed by atoms with van der Waals surface area (Å²) in [7, 11) is 0. The molecule has 2 heterocycles. The van der Waals surface area contributed by atoms with E-state index in [1.807, 2.05) is 5.57 Å². The van der Waals surface area contributed by atoms with Crippen LogP contribution >= 0.6 is 23.5 Å². The third-order valence-electron chi connectivity index (χ3n) is 13.5. The zero-order valence-electron chi connectivity index (χ0n) is 28.7. The van der Waals surface area contributed by atoms with Gasteiger partial charge in [-0.05, 0) is 128 Å². The Morgan fingerprint density at radius 2 is 1.81 bits per heavy atom. The third kappa shape index (κ3) is 4.87. The number of benzene rings is 1. The molecular formula is C45H50OS2. The molecule has 9 atom stereocenters. The van der Waals surface area contributed by atoms with E-state index in [4.69, 9.17) is 4.74 Å². The third-order valence-corrected chi connectivity index (χ3v) is 16.4. The molecule has 1 fully saturated rings. The van der Waals surface area contributed by atoms with Crippen LogP contribution in [0.25, 0.3) is 5.57 Å². The smallest absolute Gasteiger partial charge is 0.100 e. The molecule has 9 unspecified atom stereocenters. The van der Waals surface area contributed by atoms with Gasteiger partial charge < -0.3 is 4.74 Å². The average molecular weight is 671 g/mol. The van der Waals surface area contributed by atoms with E-state index in [0.717, 1.165) is 12.8 Å². The monoisotopic (exact) mass is 670 g/mol. The Morgan fingerprint density at radius 1 is 0.896 bits per heavy atom. The molecule has 0 saturated heterocycles. The Bertz CT molecular complexity index is 1770. The predicted molar refractivity (Wildman–Crippen MR) is 204 cm³/mol. The van der Waals surface area contributed by atoms with E-state index >= 15 is 0 Å². The number of thioether (sulfide) groups is 2. The van der Waals surface area contributed by atoms with Gasteiger partial charge in [0.25, 0.3) is 0 Å². The number of ether oxygens (including phenoxy) is 1. The normalized spacial score (nSPS) is 37.3. The Kier molecular flexibility index (Phi) is 7.71. The van der Waals surface area contributed by atoms with Crippen molar-refractivity contribution in [1.82, 2.24) is 0 Å². The van der Waals surface area contributed by atoms with Crippen LogP contribution in [0.3, 0.4) is 0 Å². The van der Waals surface area contributed by atoms with Crippen LogP contribution < -0.4 is 0 Å². The first-order valence-corrected chi connectivity index (χ1v) is 21.2. The van der Waals surface area contributed by atoms with Gasteiger partial charge in [0.05, 0.1) is 6.10 Å². The van der Waals surface area contributed by atoms with Crippen LogP contribution in [0.15, 0.2) is 111 Å². The van der Waals surface area contributed by atoms with Gasteiger partial charge in [0.2, 0.25) is 0 Å². The standard InChI is InChI=1S/C45H50OS2/c1-3-26-15-17-40-32(20-26)34-23-31-29(19-28-11-7-5-8-12-28)22-37-43-36(24-35-33-21-27(4-2)16-18-41(33)47-44(35)37)39(46-30-13-9-6-10-14-30)25-38(42(31)43)45(34)48-40/h5,7-8,11,15-18,20-21,23,25,28-31,33,36,38,41-42,45H,3-4,6,9-10,12-14,19,22,24H2,1-2H3. The summed E-state index contributed by atoms with van der Waals surface area (Å²) in [6.45, 7) is 4.63. The number of fused-ring (bicyclic) bond motifs is 7. The first-order chi connectivity index (χ1) is 23.7. The second kappa shape index (κ2) is 12.2. The van der Waals surface area contributed by atoms with Crippen LogP contribution in [0.2, 0.25) is 0 Å². The molecule has 1 aromatic carbocycles. The SMILES string of the molecule is CCC1=CC2C3=C(SC2C=C1)C1=C2C(C3)C(OC3CCCCC3)=CC3C4Sc5ccc(CC)cc5C4=CC(C(CC4C=CC=CC4)C1)C23. The van der Waals surface area contributed by atoms with Crippen molar-refractivity contribution in [1.29, 1.82) is 0 Å². The second-order valence-corrected chi connectivity index (χ2v) is 18.5. The molecule has 7 aliphatic carbocycles. The maximum absolute atomic E-state index is 7.32. The van der Waals surface area contributed by atoms with Crippen molar-refractivity contribution in [3.05, 3.63) is 117 Å². The Labute approximate surface area is 296 Å². The minimum Gasteiger partial charge on any atom is -0.494 e. The molecule has 0 N–H and O–H groups in total. The molecule has 0 radical (unpaired) electrons. The zero-order chi connectivity index (χ0) is 31.9. The molecule has 10 rings (SSSR count). The van der Waals surface area contributed by atoms with Crippen molar-refractivity contribution in [2.45, 2.75) is 106 Å². The van der Waals surface area contributed by atoms with Gasteiger partial charge in [0.1, 0.15) is 5.76 Å². The average Bonchev–Trinajstić information content (AvgIpc) is 3.69. The van der Waals surface area contributed by atoms with E-state index in [1.54, 1.807) is 27.2 Å². The molecule has 1 aromatic rings. The summed E-state index contributed by atoms with van der Waals surface area (Å²) in [4.78, 5) is 3.22. The molecule has 248 valence electrons. The van der Waals surface area contributed by atoms with Crippen molar-refractivity contribution in [3.63, 3.8) is 0 Å². The highest BCUT2D eigenvalue weighted by Gasteiger charge is 2.56. The van der Waals surface area contributed by atoms with Crippen LogP contribution in [0.5, 0.6) is 0 Å². The van der Waals surface area contributed by atoms with E-state index in [2.05, 4.69) is 110 Å². The van der Waals surface area contributed by atoms with Gasteiger partial charge in [-0.1, -0.05) is 92.2 Å². The maximum Gasteiger partial charge on any atom is 0.100 e. The second-order valence-electron chi connectivity index (χ2n) is 16.1. The topological polar surface area (TPSA) is 9.23 Å². The number of hydrogen-bond donors (Lipinski definition) is 0. The fraction of sp³-hybridized carbons (Fsp3) is 0.511. The molecule has 0 aromatic heterocycles. The Hall–Kier alpha value is -2.36. The first-order valence-electron chi connectivity index (χ1n) is 19.4. The van der Waals surface area contributed by atoms with Crippen molar-refractivity contribution >= 4 is 29.1 Å². The van der Waals surface area contributed by atoms with Gasteiger partial charge in [-0.15, -0.1) is 23.5 Å². The highest BCUT2D eigenvalue weighted by molar-refractivity contribution is 8.04. The van der Waals surface area contributed by atoms with E-state index in [1.165, 1.54) is 79.6 Å². The van der Waals surface area contributed by atoms with Gasteiger partial charge in [0.15, 0.2) is 0 Å². The molecule has 3 heteroatoms. The molecule has 9 aliphatic rings. The van der Waals surface area contributed by atoms with E-state index < -0.39 is 0 Å². The number of rotatable bonds is 6. The highest BCUT2D eigenvalue weighted by Crippen LogP contribution is 2.67. The lowest BCUT2D eigenvalue weighted by Crippen LogP contribution is -2.46. The molecule has 1 saturated carbocycles. The van der Waals surface area contributed by atoms with E-state index in [-0.39, 0.29) is 0 Å². The summed E-state index contributed by atoms with van der Waals surface area (Å²) >= 11 is 4.40. The van der Waals surface area contributed by atoms with Crippen LogP contribution in [-0.4, -0.2) is 16.6 Å². The van der Waals surface area contributed by atoms with Gasteiger partial charge >= 0.3 is 0 Å². The molecule has 0 spiro atoms. The number of aryl methyl sites for hydroxylation is 1. The zero-order valence-corrected chi connectivity index (χ0v) is 30.3. The lowest BCUT2D eigenvalue weighted by Gasteiger charge is -2.54. The molecular weight excluding hydrogens is 621 g/mol. The lowest BCUT2D eigenvalue weighted by molar-refractivity contribution is 0.0535. The molecule has 2 aliphatic heterocycles. The summed E-state index contributed by atoms with van der Waals surface area (Å²) in [6, 6.07) is 7.37. The van der Waals surface area contributed by atoms with Crippen molar-refractivity contribution in [2.75, 3.05) is 0 Å². The molecule has 0 amide bonds. The van der Waals surface area contributed by atoms with Gasteiger partial charge in [-0.2, -0.15) is 0 Å². The van der Waals surface area contributed by atoms with Crippen LogP contribution in [0, 0.1) is 41.4 Å². The summed E-state index contributed by atoms with van der Waals surface area (Å²) in [5, 5.41) is 1.06. The fourth-order valence-electron chi connectivity index (χ4n) is 11.2. The van der Waals surface area contributed by atoms with E-state index in [0.29, 0.717) is 58.0 Å². The fourth-order valence-corrected chi connectivity index (χ4v) is 14.2. The van der Waals surface area contributed by atoms with Gasteiger partial charge in [0, 0.05) is 38.1 Å². The minimum absolute atomic E-state index is 0.397. The van der Waals surface area contributed by atoms with Crippen molar-refractivity contribution in [3.8, 4) is 0 Å². The van der Waals surface area contributed by atoms with Crippen LogP contribution in [-0.2, 0) is 11.2 Å². The Balaban J connectivity index is 1.13. The summed E-state index contributed by atoms with van der Waals surface area (Å²) in [5.41, 5.74) is 11.5. The van der Waals surface area contributed by atoms with E-state index in [9.17, 15) is 0 Å². The Morgan fingerprint density at radius 3 is 2.65 bits per heavy atom. The largest absolute Gasteiger partial charge is 0.494 e. The number of allylic oxidation sites excluding steroid dienone is 12. The highest BCUT2D eigenvalue weighted by atomic mass is 32.2. The maximum atomic E-state index is 7.32. The summed E-state index contributed by atoms with van der Waals surface area (Å²) in [5.74, 6) is 5.40. The van der Waals surface area contributed by atoms with Gasteiger partial charge in [-0.3, -0.25) is 0 Å². The van der Waals surface area contributed by atoms with Gasteiger partial charge in [-0.25, -0.2) is 0 Å². The quantitative estimate of drug-likeness (QED) is 0.298. The minimum atomic E-state index is 0.397. The van der Waals surface area contributed by atoms with Crippen molar-refractivity contribution in [2.24, 2.45) is 41.4 Å². The van der Waals surface area contributed by atoms with Crippen LogP contribution in [0.1, 0.15) is 89.2 Å². The lowest BCUT2D eigenvalue weighted by atomic mass is 9.52. The van der Waals surface area contributed by atoms with Crippen molar-refractivity contribution < 1.29 is 4.74 Å². The molecule has 48 heavy (non-hydrogen) atoms. The first kappa shape index (κ1) is 30.5. The molecule has 1 nitrogen and oxygen atoms in total. The summed E-state index contributed by atoms with van der Waals surface area (Å²) < 4.78 is 7.32. The summed E-state index contributed by atoms with van der Waals surface area (Å²) in [6.07, 6.45) is 36.7. The number of hydrogen-bond acceptors (Lipinski definition) is 3.